The van der Waals surface area contributed by atoms with Gasteiger partial charge in [-0.25, -0.2) is 4.68 Å². The van der Waals surface area contributed by atoms with Crippen LogP contribution in [0.3, 0.4) is 0 Å². The Bertz CT molecular complexity index is 1230. The van der Waals surface area contributed by atoms with Gasteiger partial charge in [0.25, 0.3) is 0 Å². The second kappa shape index (κ2) is 6.80. The van der Waals surface area contributed by atoms with Crippen molar-refractivity contribution in [2.75, 3.05) is 16.8 Å². The number of hydrogen-bond donors (Lipinski definition) is 1. The summed E-state index contributed by atoms with van der Waals surface area (Å²) in [7, 11) is 0. The summed E-state index contributed by atoms with van der Waals surface area (Å²) in [6, 6.07) is 14.0. The Morgan fingerprint density at radius 1 is 1.06 bits per heavy atom. The molecule has 1 spiro atoms. The molecule has 0 radical (unpaired) electrons. The number of anilines is 2. The standard InChI is InChI=1S/C25H26N4O2/c1-15(2)14-28-20-8-6-5-7-18(20)25(24(28)31)12-22(30)27-23-19(25)13-26-29(23)21-11-16(3)9-10-17(21)4/h5-11,13,15H,12,14H2,1-4H3,(H,27,30). The summed E-state index contributed by atoms with van der Waals surface area (Å²) < 4.78 is 1.76. The fourth-order valence-electron chi connectivity index (χ4n) is 4.93. The molecule has 1 N–H and O–H groups in total. The van der Waals surface area contributed by atoms with Crippen LogP contribution in [0.1, 0.15) is 42.5 Å². The molecule has 0 saturated carbocycles. The van der Waals surface area contributed by atoms with E-state index in [2.05, 4.69) is 30.3 Å². The van der Waals surface area contributed by atoms with Gasteiger partial charge in [0.2, 0.25) is 11.8 Å². The Hall–Kier alpha value is -3.41. The molecular formula is C25H26N4O2. The van der Waals surface area contributed by atoms with Crippen LogP contribution < -0.4 is 10.2 Å². The van der Waals surface area contributed by atoms with Crippen molar-refractivity contribution < 1.29 is 9.59 Å². The van der Waals surface area contributed by atoms with E-state index in [1.807, 2.05) is 55.1 Å². The van der Waals surface area contributed by atoms with Gasteiger partial charge in [0.15, 0.2) is 0 Å². The Kier molecular flexibility index (Phi) is 4.29. The van der Waals surface area contributed by atoms with Crippen molar-refractivity contribution in [3.8, 4) is 5.69 Å². The molecule has 6 nitrogen and oxygen atoms in total. The fourth-order valence-corrected chi connectivity index (χ4v) is 4.93. The summed E-state index contributed by atoms with van der Waals surface area (Å²) in [5.74, 6) is 0.675. The lowest BCUT2D eigenvalue weighted by atomic mass is 9.72. The number of nitrogens with one attached hydrogen (secondary N) is 1. The molecule has 3 heterocycles. The SMILES string of the molecule is Cc1ccc(C)c(-n2ncc3c2NC(=O)CC32C(=O)N(CC(C)C)c3ccccc32)c1. The predicted octanol–water partition coefficient (Wildman–Crippen LogP) is 4.12. The highest BCUT2D eigenvalue weighted by atomic mass is 16.2. The Morgan fingerprint density at radius 2 is 1.84 bits per heavy atom. The minimum absolute atomic E-state index is 0.0426. The van der Waals surface area contributed by atoms with Crippen molar-refractivity contribution in [1.82, 2.24) is 9.78 Å². The Labute approximate surface area is 181 Å². The molecular weight excluding hydrogens is 388 g/mol. The van der Waals surface area contributed by atoms with E-state index >= 15 is 0 Å². The maximum Gasteiger partial charge on any atom is 0.242 e. The second-order valence-electron chi connectivity index (χ2n) is 9.07. The number of aromatic nitrogens is 2. The molecule has 2 amide bonds. The van der Waals surface area contributed by atoms with Crippen molar-refractivity contribution in [3.63, 3.8) is 0 Å². The van der Waals surface area contributed by atoms with E-state index in [1.54, 1.807) is 10.9 Å². The van der Waals surface area contributed by atoms with Crippen LogP contribution in [-0.2, 0) is 15.0 Å². The number of benzene rings is 2. The molecule has 158 valence electrons. The first-order chi connectivity index (χ1) is 14.8. The number of hydrogen-bond acceptors (Lipinski definition) is 3. The monoisotopic (exact) mass is 414 g/mol. The van der Waals surface area contributed by atoms with Gasteiger partial charge >= 0.3 is 0 Å². The quantitative estimate of drug-likeness (QED) is 0.701. The highest BCUT2D eigenvalue weighted by Crippen LogP contribution is 2.52. The first-order valence-corrected chi connectivity index (χ1v) is 10.7. The summed E-state index contributed by atoms with van der Waals surface area (Å²) in [6.07, 6.45) is 1.84. The summed E-state index contributed by atoms with van der Waals surface area (Å²) in [4.78, 5) is 28.8. The zero-order chi connectivity index (χ0) is 21.9. The molecule has 0 aliphatic carbocycles. The number of amides is 2. The summed E-state index contributed by atoms with van der Waals surface area (Å²) >= 11 is 0. The van der Waals surface area contributed by atoms with Crippen LogP contribution in [0.15, 0.2) is 48.7 Å². The fraction of sp³-hybridized carbons (Fsp3) is 0.320. The lowest BCUT2D eigenvalue weighted by Crippen LogP contribution is -2.47. The molecule has 1 atom stereocenters. The number of carbonyl (C=O) groups is 2. The third kappa shape index (κ3) is 2.74. The van der Waals surface area contributed by atoms with Crippen LogP contribution in [0.5, 0.6) is 0 Å². The zero-order valence-corrected chi connectivity index (χ0v) is 18.3. The molecule has 1 aromatic heterocycles. The molecule has 5 rings (SSSR count). The molecule has 2 aliphatic rings. The van der Waals surface area contributed by atoms with E-state index < -0.39 is 5.41 Å². The van der Waals surface area contributed by atoms with E-state index in [4.69, 9.17) is 0 Å². The number of nitrogens with zero attached hydrogens (tertiary/aromatic N) is 3. The van der Waals surface area contributed by atoms with Crippen molar-refractivity contribution in [2.24, 2.45) is 5.92 Å². The molecule has 0 saturated heterocycles. The summed E-state index contributed by atoms with van der Waals surface area (Å²) in [6.45, 7) is 8.85. The Balaban J connectivity index is 1.75. The van der Waals surface area contributed by atoms with E-state index in [0.717, 1.165) is 33.6 Å². The van der Waals surface area contributed by atoms with Gasteiger partial charge in [0.05, 0.1) is 11.9 Å². The van der Waals surface area contributed by atoms with Crippen molar-refractivity contribution in [1.29, 1.82) is 0 Å². The van der Waals surface area contributed by atoms with Crippen LogP contribution in [0.25, 0.3) is 5.69 Å². The third-order valence-electron chi connectivity index (χ3n) is 6.32. The van der Waals surface area contributed by atoms with E-state index in [9.17, 15) is 9.59 Å². The van der Waals surface area contributed by atoms with Gasteiger partial charge in [-0.15, -0.1) is 0 Å². The van der Waals surface area contributed by atoms with Gasteiger partial charge in [-0.1, -0.05) is 44.2 Å². The molecule has 2 aliphatic heterocycles. The van der Waals surface area contributed by atoms with Crippen LogP contribution in [0.4, 0.5) is 11.5 Å². The third-order valence-corrected chi connectivity index (χ3v) is 6.32. The van der Waals surface area contributed by atoms with Crippen molar-refractivity contribution >= 4 is 23.3 Å². The maximum absolute atomic E-state index is 14.0. The van der Waals surface area contributed by atoms with Crippen LogP contribution >= 0.6 is 0 Å². The molecule has 1 unspecified atom stereocenters. The first kappa shape index (κ1) is 19.5. The maximum atomic E-state index is 14.0. The van der Waals surface area contributed by atoms with Gasteiger partial charge in [-0.3, -0.25) is 9.59 Å². The van der Waals surface area contributed by atoms with Gasteiger partial charge in [-0.2, -0.15) is 5.10 Å². The molecule has 31 heavy (non-hydrogen) atoms. The minimum Gasteiger partial charge on any atom is -0.311 e. The van der Waals surface area contributed by atoms with E-state index in [-0.39, 0.29) is 18.2 Å². The van der Waals surface area contributed by atoms with Gasteiger partial charge in [-0.05, 0) is 48.6 Å². The van der Waals surface area contributed by atoms with Crippen LogP contribution in [-0.4, -0.2) is 28.1 Å². The van der Waals surface area contributed by atoms with Crippen molar-refractivity contribution in [3.05, 3.63) is 70.9 Å². The van der Waals surface area contributed by atoms with Gasteiger partial charge < -0.3 is 10.2 Å². The number of fused-ring (bicyclic) bond motifs is 4. The molecule has 6 heteroatoms. The number of carbonyl (C=O) groups excluding carboxylic acids is 2. The van der Waals surface area contributed by atoms with Crippen LogP contribution in [0.2, 0.25) is 0 Å². The molecule has 0 bridgehead atoms. The van der Waals surface area contributed by atoms with E-state index in [1.165, 1.54) is 0 Å². The van der Waals surface area contributed by atoms with Gasteiger partial charge in [0, 0.05) is 24.2 Å². The topological polar surface area (TPSA) is 67.2 Å². The smallest absolute Gasteiger partial charge is 0.242 e. The minimum atomic E-state index is -1.04. The number of aryl methyl sites for hydroxylation is 2. The number of para-hydroxylation sites is 1. The van der Waals surface area contributed by atoms with Crippen molar-refractivity contribution in [2.45, 2.75) is 39.5 Å². The highest BCUT2D eigenvalue weighted by molar-refractivity contribution is 6.15. The van der Waals surface area contributed by atoms with Crippen LogP contribution in [0, 0.1) is 19.8 Å². The first-order valence-electron chi connectivity index (χ1n) is 10.7. The average molecular weight is 415 g/mol. The van der Waals surface area contributed by atoms with E-state index in [0.29, 0.717) is 18.3 Å². The lowest BCUT2D eigenvalue weighted by molar-refractivity contribution is -0.126. The molecule has 0 fully saturated rings. The second-order valence-corrected chi connectivity index (χ2v) is 9.07. The summed E-state index contributed by atoms with van der Waals surface area (Å²) in [5, 5.41) is 7.65. The summed E-state index contributed by atoms with van der Waals surface area (Å²) in [5.41, 5.74) is 4.54. The van der Waals surface area contributed by atoms with Gasteiger partial charge in [0.1, 0.15) is 11.2 Å². The highest BCUT2D eigenvalue weighted by Gasteiger charge is 2.57. The average Bonchev–Trinajstić information content (AvgIpc) is 3.24. The predicted molar refractivity (Wildman–Crippen MR) is 121 cm³/mol. The Morgan fingerprint density at radius 3 is 2.61 bits per heavy atom. The molecule has 3 aromatic rings. The zero-order valence-electron chi connectivity index (χ0n) is 18.3. The largest absolute Gasteiger partial charge is 0.311 e. The number of rotatable bonds is 3. The molecule has 2 aromatic carbocycles. The normalized spacial score (nSPS) is 19.7. The lowest BCUT2D eigenvalue weighted by Gasteiger charge is -2.33.